The van der Waals surface area contributed by atoms with Gasteiger partial charge in [0.05, 0.1) is 26.2 Å². The van der Waals surface area contributed by atoms with Crippen molar-refractivity contribution < 1.29 is 14.3 Å². The average molecular weight is 637 g/mol. The molecule has 2 heterocycles. The number of fused-ring (bicyclic) bond motifs is 1. The van der Waals surface area contributed by atoms with Gasteiger partial charge in [0.1, 0.15) is 11.6 Å². The highest BCUT2D eigenvalue weighted by Crippen LogP contribution is 2.26. The number of aromatic amines is 1. The Morgan fingerprint density at radius 3 is 2.35 bits per heavy atom. The summed E-state index contributed by atoms with van der Waals surface area (Å²) in [6.45, 7) is 0.267. The highest BCUT2D eigenvalue weighted by Gasteiger charge is 2.25. The van der Waals surface area contributed by atoms with Crippen LogP contribution in [0.5, 0.6) is 5.75 Å². The summed E-state index contributed by atoms with van der Waals surface area (Å²) in [6, 6.07) is 34.9. The van der Waals surface area contributed by atoms with Gasteiger partial charge >= 0.3 is 0 Å². The Kier molecular flexibility index (Phi) is 10.2. The molecule has 0 fully saturated rings. The SMILES string of the molecule is COc1ccc(Cn2c(CCc3ccccc3)nnc2[C@@H](Cc2c[nH]c3ccccc23)NC(=O)CNC(=O)C#Cc2ccccc2)cc1. The van der Waals surface area contributed by atoms with Crippen LogP contribution in [0.4, 0.5) is 0 Å². The lowest BCUT2D eigenvalue weighted by Gasteiger charge is -2.20. The fourth-order valence-corrected chi connectivity index (χ4v) is 5.61. The molecular weight excluding hydrogens is 600 g/mol. The number of methoxy groups -OCH3 is 1. The van der Waals surface area contributed by atoms with E-state index in [1.165, 1.54) is 5.56 Å². The minimum absolute atomic E-state index is 0.236. The van der Waals surface area contributed by atoms with Crippen LogP contribution in [0, 0.1) is 11.8 Å². The fourth-order valence-electron chi connectivity index (χ4n) is 5.61. The summed E-state index contributed by atoms with van der Waals surface area (Å²) >= 11 is 0. The van der Waals surface area contributed by atoms with Crippen LogP contribution in [-0.2, 0) is 35.4 Å². The number of benzene rings is 4. The molecule has 0 aliphatic heterocycles. The second-order valence-electron chi connectivity index (χ2n) is 11.4. The van der Waals surface area contributed by atoms with Crippen LogP contribution < -0.4 is 15.4 Å². The van der Waals surface area contributed by atoms with Crippen LogP contribution in [0.25, 0.3) is 10.9 Å². The first-order chi connectivity index (χ1) is 23.6. The molecule has 2 aromatic heterocycles. The lowest BCUT2D eigenvalue weighted by Crippen LogP contribution is -2.39. The summed E-state index contributed by atoms with van der Waals surface area (Å²) in [5, 5.41) is 16.2. The van der Waals surface area contributed by atoms with Crippen molar-refractivity contribution in [3.63, 3.8) is 0 Å². The summed E-state index contributed by atoms with van der Waals surface area (Å²) in [6.07, 6.45) is 3.87. The molecular formula is C39H36N6O3. The van der Waals surface area contributed by atoms with Gasteiger partial charge in [-0.3, -0.25) is 9.59 Å². The number of carbonyl (C=O) groups is 2. The van der Waals surface area contributed by atoms with Crippen LogP contribution in [0.2, 0.25) is 0 Å². The molecule has 0 unspecified atom stereocenters. The minimum Gasteiger partial charge on any atom is -0.497 e. The van der Waals surface area contributed by atoms with Crippen molar-refractivity contribution in [3.8, 4) is 17.6 Å². The molecule has 240 valence electrons. The predicted molar refractivity (Wildman–Crippen MR) is 185 cm³/mol. The first-order valence-corrected chi connectivity index (χ1v) is 15.8. The number of rotatable bonds is 12. The van der Waals surface area contributed by atoms with Crippen molar-refractivity contribution in [1.29, 1.82) is 0 Å². The zero-order chi connectivity index (χ0) is 33.1. The number of amides is 2. The number of ether oxygens (including phenoxy) is 1. The molecule has 4 aromatic carbocycles. The van der Waals surface area contributed by atoms with Crippen molar-refractivity contribution in [1.82, 2.24) is 30.4 Å². The van der Waals surface area contributed by atoms with Gasteiger partial charge in [0, 0.05) is 41.4 Å². The topological polar surface area (TPSA) is 114 Å². The van der Waals surface area contributed by atoms with Crippen LogP contribution in [-0.4, -0.2) is 45.2 Å². The van der Waals surface area contributed by atoms with Gasteiger partial charge in [0.15, 0.2) is 5.82 Å². The Bertz CT molecular complexity index is 2040. The van der Waals surface area contributed by atoms with E-state index < -0.39 is 11.9 Å². The van der Waals surface area contributed by atoms with Crippen molar-refractivity contribution in [2.45, 2.75) is 31.8 Å². The maximum Gasteiger partial charge on any atom is 0.296 e. The lowest BCUT2D eigenvalue weighted by molar-refractivity contribution is -0.124. The van der Waals surface area contributed by atoms with Gasteiger partial charge in [-0.1, -0.05) is 84.8 Å². The van der Waals surface area contributed by atoms with Crippen molar-refractivity contribution in [2.75, 3.05) is 13.7 Å². The Labute approximate surface area is 279 Å². The molecule has 9 nitrogen and oxygen atoms in total. The van der Waals surface area contributed by atoms with Crippen molar-refractivity contribution in [3.05, 3.63) is 149 Å². The molecule has 9 heteroatoms. The molecule has 6 rings (SSSR count). The quantitative estimate of drug-likeness (QED) is 0.161. The van der Waals surface area contributed by atoms with Crippen molar-refractivity contribution in [2.24, 2.45) is 0 Å². The molecule has 48 heavy (non-hydrogen) atoms. The van der Waals surface area contributed by atoms with E-state index in [0.29, 0.717) is 25.2 Å². The number of H-pyrrole nitrogens is 1. The van der Waals surface area contributed by atoms with Gasteiger partial charge in [-0.25, -0.2) is 0 Å². The molecule has 0 bridgehead atoms. The van der Waals surface area contributed by atoms with Gasteiger partial charge in [0.2, 0.25) is 5.91 Å². The van der Waals surface area contributed by atoms with E-state index in [2.05, 4.69) is 60.4 Å². The second-order valence-corrected chi connectivity index (χ2v) is 11.4. The van der Waals surface area contributed by atoms with Gasteiger partial charge in [0.25, 0.3) is 5.91 Å². The van der Waals surface area contributed by atoms with Gasteiger partial charge < -0.3 is 24.9 Å². The minimum atomic E-state index is -0.541. The summed E-state index contributed by atoms with van der Waals surface area (Å²) < 4.78 is 7.46. The van der Waals surface area contributed by atoms with E-state index in [9.17, 15) is 9.59 Å². The molecule has 0 saturated carbocycles. The number of nitrogens with zero attached hydrogens (tertiary/aromatic N) is 3. The highest BCUT2D eigenvalue weighted by atomic mass is 16.5. The summed E-state index contributed by atoms with van der Waals surface area (Å²) in [5.74, 6) is 6.69. The average Bonchev–Trinajstić information content (AvgIpc) is 3.73. The monoisotopic (exact) mass is 636 g/mol. The largest absolute Gasteiger partial charge is 0.497 e. The van der Waals surface area contributed by atoms with Gasteiger partial charge in [-0.05, 0) is 53.4 Å². The van der Waals surface area contributed by atoms with Crippen LogP contribution in [0.15, 0.2) is 115 Å². The van der Waals surface area contributed by atoms with E-state index in [0.717, 1.165) is 45.6 Å². The lowest BCUT2D eigenvalue weighted by atomic mass is 10.0. The number of nitrogens with one attached hydrogen (secondary N) is 3. The first-order valence-electron chi connectivity index (χ1n) is 15.8. The number of hydrogen-bond acceptors (Lipinski definition) is 5. The van der Waals surface area contributed by atoms with E-state index in [-0.39, 0.29) is 12.5 Å². The summed E-state index contributed by atoms with van der Waals surface area (Å²) in [5.41, 5.74) is 4.99. The second kappa shape index (κ2) is 15.4. The van der Waals surface area contributed by atoms with E-state index in [4.69, 9.17) is 4.74 Å². The number of para-hydroxylation sites is 1. The van der Waals surface area contributed by atoms with Crippen LogP contribution in [0.3, 0.4) is 0 Å². The summed E-state index contributed by atoms with van der Waals surface area (Å²) in [4.78, 5) is 29.2. The molecule has 0 spiro atoms. The number of aromatic nitrogens is 4. The Morgan fingerprint density at radius 2 is 1.58 bits per heavy atom. The zero-order valence-electron chi connectivity index (χ0n) is 26.6. The third-order valence-corrected chi connectivity index (χ3v) is 8.09. The van der Waals surface area contributed by atoms with E-state index in [1.54, 1.807) is 7.11 Å². The molecule has 1 atom stereocenters. The number of carbonyl (C=O) groups excluding carboxylic acids is 2. The van der Waals surface area contributed by atoms with Gasteiger partial charge in [-0.15, -0.1) is 10.2 Å². The molecule has 3 N–H and O–H groups in total. The molecule has 6 aromatic rings. The maximum absolute atomic E-state index is 13.4. The molecule has 0 aliphatic rings. The number of aryl methyl sites for hydroxylation is 2. The predicted octanol–water partition coefficient (Wildman–Crippen LogP) is 5.17. The third kappa shape index (κ3) is 8.17. The van der Waals surface area contributed by atoms with Crippen LogP contribution in [0.1, 0.15) is 39.9 Å². The molecule has 2 amide bonds. The molecule has 0 aliphatic carbocycles. The first kappa shape index (κ1) is 31.8. The Hall–Kier alpha value is -6.14. The van der Waals surface area contributed by atoms with Crippen molar-refractivity contribution >= 4 is 22.7 Å². The smallest absolute Gasteiger partial charge is 0.296 e. The Morgan fingerprint density at radius 1 is 0.854 bits per heavy atom. The fraction of sp³-hybridized carbons (Fsp3) is 0.179. The molecule has 0 saturated heterocycles. The Balaban J connectivity index is 1.28. The number of hydrogen-bond donors (Lipinski definition) is 3. The molecule has 0 radical (unpaired) electrons. The highest BCUT2D eigenvalue weighted by molar-refractivity contribution is 5.96. The van der Waals surface area contributed by atoms with E-state index in [1.807, 2.05) is 97.2 Å². The maximum atomic E-state index is 13.4. The van der Waals surface area contributed by atoms with E-state index >= 15 is 0 Å². The third-order valence-electron chi connectivity index (χ3n) is 8.09. The zero-order valence-corrected chi connectivity index (χ0v) is 26.6. The standard InChI is InChI=1S/C39H36N6O3/c1-48-32-20-16-30(17-21-32)27-45-36(22-18-28-10-4-2-5-11-28)43-44-39(45)35(24-31-25-40-34-15-9-8-14-33(31)34)42-38(47)26-41-37(46)23-19-29-12-6-3-7-13-29/h2-17,20-21,25,35,40H,18,22,24,26-27H2,1H3,(H,41,46)(H,42,47)/t35-/m1/s1. The normalized spacial score (nSPS) is 11.4. The van der Waals surface area contributed by atoms with Crippen LogP contribution >= 0.6 is 0 Å². The summed E-state index contributed by atoms with van der Waals surface area (Å²) in [7, 11) is 1.64. The van der Waals surface area contributed by atoms with Gasteiger partial charge in [-0.2, -0.15) is 0 Å².